The third-order valence-electron chi connectivity index (χ3n) is 11.1. The summed E-state index contributed by atoms with van der Waals surface area (Å²) in [6.45, 7) is 3.62. The summed E-state index contributed by atoms with van der Waals surface area (Å²) in [5, 5.41) is 12.3. The lowest BCUT2D eigenvalue weighted by Crippen LogP contribution is -2.49. The van der Waals surface area contributed by atoms with Crippen LogP contribution in [0.15, 0.2) is 84.4 Å². The minimum atomic E-state index is -1.32. The van der Waals surface area contributed by atoms with Crippen molar-refractivity contribution >= 4 is 69.0 Å². The topological polar surface area (TPSA) is 95.0 Å². The van der Waals surface area contributed by atoms with Gasteiger partial charge in [-0.05, 0) is 85.5 Å². The third kappa shape index (κ3) is 4.12. The first kappa shape index (κ1) is 30.8. The molecule has 3 fully saturated rings. The van der Waals surface area contributed by atoms with Crippen molar-refractivity contribution in [1.82, 2.24) is 0 Å². The smallest absolute Gasteiger partial charge is 0.241 e. The van der Waals surface area contributed by atoms with E-state index in [-0.39, 0.29) is 41.1 Å². The van der Waals surface area contributed by atoms with E-state index in [0.717, 1.165) is 27.7 Å². The molecule has 0 bridgehead atoms. The molecule has 0 spiro atoms. The van der Waals surface area contributed by atoms with Gasteiger partial charge in [0.05, 0.1) is 39.6 Å². The maximum absolute atomic E-state index is 14.7. The maximum Gasteiger partial charge on any atom is 0.241 e. The van der Waals surface area contributed by atoms with Gasteiger partial charge in [0.25, 0.3) is 0 Å². The van der Waals surface area contributed by atoms with Crippen LogP contribution in [0.4, 0.5) is 15.8 Å². The third-order valence-corrected chi connectivity index (χ3v) is 11.8. The predicted octanol–water partition coefficient (Wildman–Crippen LogP) is 7.74. The zero-order valence-electron chi connectivity index (χ0n) is 25.9. The molecule has 0 radical (unpaired) electrons. The first-order chi connectivity index (χ1) is 22.9. The Balaban J connectivity index is 1.31. The van der Waals surface area contributed by atoms with Crippen molar-refractivity contribution in [1.29, 1.82) is 0 Å². The Morgan fingerprint density at radius 3 is 2.23 bits per heavy atom. The number of imide groups is 2. The molecule has 6 atom stereocenters. The highest BCUT2D eigenvalue weighted by Crippen LogP contribution is 2.64. The molecule has 7 nitrogen and oxygen atoms in total. The number of halogens is 3. The number of phenolic OH excluding ortho intramolecular Hbond substituents is 1. The van der Waals surface area contributed by atoms with E-state index >= 15 is 0 Å². The number of fused-ring (bicyclic) bond motifs is 5. The summed E-state index contributed by atoms with van der Waals surface area (Å²) < 4.78 is 14.2. The highest BCUT2D eigenvalue weighted by Gasteiger charge is 2.67. The number of carbonyl (C=O) groups is 4. The molecule has 10 heteroatoms. The van der Waals surface area contributed by atoms with Crippen molar-refractivity contribution in [2.45, 2.75) is 32.6 Å². The van der Waals surface area contributed by atoms with Crippen LogP contribution >= 0.6 is 23.2 Å². The molecule has 1 N–H and O–H groups in total. The average molecular weight is 684 g/mol. The number of phenols is 1. The Kier molecular flexibility index (Phi) is 6.89. The minimum absolute atomic E-state index is 0.0708. The first-order valence-corrected chi connectivity index (χ1v) is 16.6. The van der Waals surface area contributed by atoms with Crippen molar-refractivity contribution in [2.75, 3.05) is 9.80 Å². The number of hydrogen-bond acceptors (Lipinski definition) is 5. The van der Waals surface area contributed by atoms with Gasteiger partial charge in [-0.2, -0.15) is 0 Å². The molecule has 242 valence electrons. The summed E-state index contributed by atoms with van der Waals surface area (Å²) in [5.41, 5.74) is 1.59. The standard InChI is InChI=1S/C38H29Cl2FN2O5/c1-18-7-8-19(15-28(18)39)42-34(45)25-11-10-24-26(32(25)36(42)47)17-27-35(46)43(20-9-13-30(41)29(40)16-20)37(48)38(27,2)33(24)23-12-14-31(44)22-6-4-3-5-21(22)23/h3-10,12-16,25-27,32-33,44H,11,17H2,1-2H3. The van der Waals surface area contributed by atoms with Crippen molar-refractivity contribution in [3.63, 3.8) is 0 Å². The number of anilines is 2. The molecule has 2 aliphatic heterocycles. The normalized spacial score (nSPS) is 28.1. The molecule has 4 aliphatic rings. The Bertz CT molecular complexity index is 2170. The molecule has 2 saturated heterocycles. The summed E-state index contributed by atoms with van der Waals surface area (Å²) in [6.07, 6.45) is 2.42. The summed E-state index contributed by atoms with van der Waals surface area (Å²) >= 11 is 12.5. The van der Waals surface area contributed by atoms with E-state index < -0.39 is 52.6 Å². The highest BCUT2D eigenvalue weighted by atomic mass is 35.5. The Hall–Kier alpha value is -4.53. The fourth-order valence-electron chi connectivity index (χ4n) is 8.76. The lowest BCUT2D eigenvalue weighted by atomic mass is 9.51. The molecule has 1 saturated carbocycles. The molecule has 0 aromatic heterocycles. The van der Waals surface area contributed by atoms with Gasteiger partial charge in [0.1, 0.15) is 11.6 Å². The zero-order chi connectivity index (χ0) is 33.8. The van der Waals surface area contributed by atoms with Crippen LogP contribution in [-0.4, -0.2) is 28.7 Å². The van der Waals surface area contributed by atoms with Crippen LogP contribution in [-0.2, 0) is 19.2 Å². The number of carbonyl (C=O) groups excluding carboxylic acids is 4. The number of rotatable bonds is 3. The van der Waals surface area contributed by atoms with Gasteiger partial charge >= 0.3 is 0 Å². The molecule has 6 unspecified atom stereocenters. The number of allylic oxidation sites excluding steroid dienone is 2. The van der Waals surface area contributed by atoms with Crippen LogP contribution in [0, 0.1) is 41.8 Å². The highest BCUT2D eigenvalue weighted by molar-refractivity contribution is 6.32. The van der Waals surface area contributed by atoms with E-state index in [1.54, 1.807) is 43.3 Å². The van der Waals surface area contributed by atoms with Gasteiger partial charge < -0.3 is 5.11 Å². The fraction of sp³-hybridized carbons (Fsp3) is 0.263. The van der Waals surface area contributed by atoms with Gasteiger partial charge in [-0.25, -0.2) is 14.2 Å². The van der Waals surface area contributed by atoms with Gasteiger partial charge in [0.15, 0.2) is 0 Å². The first-order valence-electron chi connectivity index (χ1n) is 15.8. The number of hydrogen-bond donors (Lipinski definition) is 1. The largest absolute Gasteiger partial charge is 0.507 e. The molecule has 2 heterocycles. The summed E-state index contributed by atoms with van der Waals surface area (Å²) in [6, 6.07) is 19.5. The molecule has 4 aromatic carbocycles. The molecule has 48 heavy (non-hydrogen) atoms. The lowest BCUT2D eigenvalue weighted by molar-refractivity contribution is -0.131. The number of amides is 4. The Morgan fingerprint density at radius 2 is 1.50 bits per heavy atom. The molecular weight excluding hydrogens is 654 g/mol. The molecule has 4 aromatic rings. The van der Waals surface area contributed by atoms with Gasteiger partial charge in [0, 0.05) is 16.3 Å². The van der Waals surface area contributed by atoms with E-state index in [1.165, 1.54) is 17.0 Å². The second-order valence-electron chi connectivity index (χ2n) is 13.4. The molecule has 8 rings (SSSR count). The average Bonchev–Trinajstić information content (AvgIpc) is 3.44. The number of benzene rings is 4. The maximum atomic E-state index is 14.7. The predicted molar refractivity (Wildman–Crippen MR) is 180 cm³/mol. The fourth-order valence-corrected chi connectivity index (χ4v) is 9.11. The Morgan fingerprint density at radius 1 is 0.812 bits per heavy atom. The second-order valence-corrected chi connectivity index (χ2v) is 14.2. The van der Waals surface area contributed by atoms with Crippen molar-refractivity contribution < 1.29 is 28.7 Å². The number of aryl methyl sites for hydroxylation is 1. The Labute approximate surface area is 285 Å². The van der Waals surface area contributed by atoms with Crippen LogP contribution in [0.5, 0.6) is 5.75 Å². The van der Waals surface area contributed by atoms with E-state index in [9.17, 15) is 28.7 Å². The van der Waals surface area contributed by atoms with Gasteiger partial charge in [-0.1, -0.05) is 71.2 Å². The SMILES string of the molecule is Cc1ccc(N2C(=O)C3CC=C4C(CC5C(=O)N(c6ccc(F)c(Cl)c6)C(=O)C5(C)C4c4ccc(O)c5ccccc45)C3C2=O)cc1Cl. The summed E-state index contributed by atoms with van der Waals surface area (Å²) in [7, 11) is 0. The lowest BCUT2D eigenvalue weighted by Gasteiger charge is -2.49. The minimum Gasteiger partial charge on any atom is -0.507 e. The second kappa shape index (κ2) is 10.7. The van der Waals surface area contributed by atoms with Crippen LogP contribution in [0.1, 0.15) is 36.8 Å². The van der Waals surface area contributed by atoms with E-state index in [1.807, 2.05) is 31.2 Å². The van der Waals surface area contributed by atoms with Crippen molar-refractivity contribution in [3.05, 3.63) is 111 Å². The van der Waals surface area contributed by atoms with Crippen molar-refractivity contribution in [3.8, 4) is 5.75 Å². The molecule has 2 aliphatic carbocycles. The van der Waals surface area contributed by atoms with Crippen molar-refractivity contribution in [2.24, 2.45) is 29.1 Å². The number of aromatic hydroxyl groups is 1. The summed E-state index contributed by atoms with van der Waals surface area (Å²) in [4.78, 5) is 59.8. The monoisotopic (exact) mass is 682 g/mol. The van der Waals surface area contributed by atoms with E-state index in [2.05, 4.69) is 0 Å². The van der Waals surface area contributed by atoms with E-state index in [4.69, 9.17) is 23.2 Å². The molecule has 4 amide bonds. The quantitative estimate of drug-likeness (QED) is 0.176. The van der Waals surface area contributed by atoms with Crippen LogP contribution < -0.4 is 9.80 Å². The van der Waals surface area contributed by atoms with Gasteiger partial charge in [-0.3, -0.25) is 19.2 Å². The summed E-state index contributed by atoms with van der Waals surface area (Å²) in [5.74, 6) is -5.73. The van der Waals surface area contributed by atoms with Gasteiger partial charge in [-0.15, -0.1) is 0 Å². The van der Waals surface area contributed by atoms with Crippen LogP contribution in [0.25, 0.3) is 10.8 Å². The van der Waals surface area contributed by atoms with E-state index in [0.29, 0.717) is 21.5 Å². The van der Waals surface area contributed by atoms with Crippen LogP contribution in [0.3, 0.4) is 0 Å². The number of nitrogens with zero attached hydrogens (tertiary/aromatic N) is 2. The molecular formula is C38H29Cl2FN2O5. The van der Waals surface area contributed by atoms with Crippen LogP contribution in [0.2, 0.25) is 10.0 Å². The van der Waals surface area contributed by atoms with Gasteiger partial charge in [0.2, 0.25) is 23.6 Å². The zero-order valence-corrected chi connectivity index (χ0v) is 27.4.